The summed E-state index contributed by atoms with van der Waals surface area (Å²) in [5, 5.41) is 11.1. The van der Waals surface area contributed by atoms with Crippen molar-refractivity contribution >= 4 is 16.7 Å². The van der Waals surface area contributed by atoms with Crippen LogP contribution in [0.25, 0.3) is 33.5 Å². The minimum atomic E-state index is -0.885. The molecule has 42 heavy (non-hydrogen) atoms. The van der Waals surface area contributed by atoms with E-state index < -0.39 is 5.41 Å². The van der Waals surface area contributed by atoms with Crippen molar-refractivity contribution < 1.29 is 9.18 Å². The van der Waals surface area contributed by atoms with Crippen LogP contribution in [-0.4, -0.2) is 20.7 Å². The first kappa shape index (κ1) is 25.9. The van der Waals surface area contributed by atoms with Gasteiger partial charge in [-0.15, -0.1) is 0 Å². The first-order valence-electron chi connectivity index (χ1n) is 14.2. The lowest BCUT2D eigenvalue weighted by Gasteiger charge is -2.33. The predicted octanol–water partition coefficient (Wildman–Crippen LogP) is 7.41. The van der Waals surface area contributed by atoms with Gasteiger partial charge in [-0.25, -0.2) is 14.4 Å². The number of ketones is 1. The second kappa shape index (κ2) is 10.1. The van der Waals surface area contributed by atoms with Crippen molar-refractivity contribution in [1.82, 2.24) is 15.0 Å². The molecule has 0 saturated heterocycles. The lowest BCUT2D eigenvalue weighted by atomic mass is 9.70. The molecule has 0 radical (unpaired) electrons. The van der Waals surface area contributed by atoms with Crippen LogP contribution in [0.1, 0.15) is 36.6 Å². The van der Waals surface area contributed by atoms with Crippen LogP contribution in [0.2, 0.25) is 0 Å². The Labute approximate surface area is 243 Å². The number of hydrogen-bond donors (Lipinski definition) is 0. The smallest absolute Gasteiger partial charge is 0.176 e. The summed E-state index contributed by atoms with van der Waals surface area (Å²) in [7, 11) is 0. The quantitative estimate of drug-likeness (QED) is 0.234. The summed E-state index contributed by atoms with van der Waals surface area (Å²) in [5.41, 5.74) is 4.30. The van der Waals surface area contributed by atoms with Crippen molar-refractivity contribution in [2.75, 3.05) is 0 Å². The number of carbonyl (C=O) groups is 1. The van der Waals surface area contributed by atoms with Gasteiger partial charge < -0.3 is 0 Å². The molecular formula is C36H27FN4O. The maximum Gasteiger partial charge on any atom is 0.176 e. The molecule has 0 saturated carbocycles. The minimum Gasteiger partial charge on any atom is -0.293 e. The highest BCUT2D eigenvalue weighted by atomic mass is 19.1. The van der Waals surface area contributed by atoms with E-state index in [1.807, 2.05) is 79.7 Å². The summed E-state index contributed by atoms with van der Waals surface area (Å²) in [6, 6.07) is 28.6. The minimum absolute atomic E-state index is 0.00678. The molecule has 5 nitrogen and oxygen atoms in total. The maximum atomic E-state index is 15.5. The standard InChI is InChI=1S/C36H27FN4O/c1-22-23-15-16-29-32(28-12-5-7-13-30(28)37)40-35(27-17-18-39-31-14-8-6-11-26(27)31)41-34(29)36(19-23,20-24(21-38)33(22)42)25-9-3-2-4-10-25/h2-14,17-18,20,22-23H,15-16,19H2,1H3/t22-,23-,36+/m1/s1. The van der Waals surface area contributed by atoms with Crippen molar-refractivity contribution in [2.45, 2.75) is 31.6 Å². The Morgan fingerprint density at radius 3 is 2.50 bits per heavy atom. The molecule has 6 heteroatoms. The number of Topliss-reactive ketones (excluding diaryl/α,β-unsaturated/α-hetero) is 1. The molecule has 3 atom stereocenters. The second-order valence-electron chi connectivity index (χ2n) is 11.2. The molecule has 5 aromatic rings. The van der Waals surface area contributed by atoms with Gasteiger partial charge >= 0.3 is 0 Å². The van der Waals surface area contributed by atoms with E-state index in [1.54, 1.807) is 18.3 Å². The largest absolute Gasteiger partial charge is 0.293 e. The number of nitriles is 1. The van der Waals surface area contributed by atoms with Crippen LogP contribution in [0.4, 0.5) is 4.39 Å². The Balaban J connectivity index is 1.64. The number of pyridine rings is 1. The van der Waals surface area contributed by atoms with Gasteiger partial charge in [0.1, 0.15) is 11.9 Å². The van der Waals surface area contributed by atoms with Gasteiger partial charge in [0.2, 0.25) is 0 Å². The zero-order valence-electron chi connectivity index (χ0n) is 23.1. The van der Waals surface area contributed by atoms with Crippen LogP contribution in [0.3, 0.4) is 0 Å². The number of carbonyl (C=O) groups excluding carboxylic acids is 1. The number of allylic oxidation sites excluding steroid dienone is 2. The SMILES string of the molecule is C[C@H]1C(=O)C(C#N)=C[C@]2(c3ccccc3)C[C@H]1CCc1c(-c3ccccc3F)nc(-c3ccnc4ccccc34)nc12. The maximum absolute atomic E-state index is 15.5. The van der Waals surface area contributed by atoms with E-state index in [0.717, 1.165) is 33.3 Å². The molecule has 204 valence electrons. The summed E-state index contributed by atoms with van der Waals surface area (Å²) in [6.45, 7) is 1.92. The van der Waals surface area contributed by atoms with Gasteiger partial charge in [-0.2, -0.15) is 5.26 Å². The summed E-state index contributed by atoms with van der Waals surface area (Å²) in [4.78, 5) is 28.4. The van der Waals surface area contributed by atoms with Gasteiger partial charge in [0, 0.05) is 34.2 Å². The molecule has 0 spiro atoms. The summed E-state index contributed by atoms with van der Waals surface area (Å²) in [5.74, 6) is -0.377. The van der Waals surface area contributed by atoms with Crippen molar-refractivity contribution in [1.29, 1.82) is 5.26 Å². The first-order chi connectivity index (χ1) is 20.5. The van der Waals surface area contributed by atoms with E-state index in [2.05, 4.69) is 11.1 Å². The Bertz CT molecular complexity index is 1940. The number of halogens is 1. The van der Waals surface area contributed by atoms with Gasteiger partial charge in [0.15, 0.2) is 11.6 Å². The number of nitrogens with zero attached hydrogens (tertiary/aromatic N) is 4. The zero-order valence-corrected chi connectivity index (χ0v) is 23.1. The molecule has 0 unspecified atom stereocenters. The van der Waals surface area contributed by atoms with E-state index in [9.17, 15) is 10.1 Å². The molecule has 2 aromatic heterocycles. The molecule has 0 fully saturated rings. The number of hydrogen-bond acceptors (Lipinski definition) is 5. The summed E-state index contributed by atoms with van der Waals surface area (Å²) < 4.78 is 15.5. The van der Waals surface area contributed by atoms with Crippen LogP contribution in [0, 0.1) is 29.0 Å². The molecule has 0 N–H and O–H groups in total. The monoisotopic (exact) mass is 550 g/mol. The van der Waals surface area contributed by atoms with E-state index >= 15 is 4.39 Å². The van der Waals surface area contributed by atoms with E-state index in [4.69, 9.17) is 9.97 Å². The zero-order chi connectivity index (χ0) is 28.8. The molecular weight excluding hydrogens is 523 g/mol. The topological polar surface area (TPSA) is 79.5 Å². The molecule has 2 aliphatic carbocycles. The van der Waals surface area contributed by atoms with Gasteiger partial charge in [0.05, 0.1) is 27.9 Å². The van der Waals surface area contributed by atoms with Crippen LogP contribution >= 0.6 is 0 Å². The second-order valence-corrected chi connectivity index (χ2v) is 11.2. The first-order valence-corrected chi connectivity index (χ1v) is 14.2. The summed E-state index contributed by atoms with van der Waals surface area (Å²) >= 11 is 0. The third kappa shape index (κ3) is 4.04. The highest BCUT2D eigenvalue weighted by Crippen LogP contribution is 2.50. The van der Waals surface area contributed by atoms with Crippen LogP contribution < -0.4 is 0 Å². The van der Waals surface area contributed by atoms with E-state index in [-0.39, 0.29) is 29.0 Å². The fourth-order valence-corrected chi connectivity index (χ4v) is 6.81. The molecule has 2 aliphatic rings. The molecule has 3 aromatic carbocycles. The summed E-state index contributed by atoms with van der Waals surface area (Å²) in [6.07, 6.45) is 5.45. The van der Waals surface area contributed by atoms with Crippen molar-refractivity contribution in [3.63, 3.8) is 0 Å². The highest BCUT2D eigenvalue weighted by Gasteiger charge is 2.47. The molecule has 0 amide bonds. The third-order valence-corrected chi connectivity index (χ3v) is 8.98. The Morgan fingerprint density at radius 1 is 0.929 bits per heavy atom. The predicted molar refractivity (Wildman–Crippen MR) is 160 cm³/mol. The van der Waals surface area contributed by atoms with Crippen molar-refractivity contribution in [3.05, 3.63) is 125 Å². The number of rotatable bonds is 3. The van der Waals surface area contributed by atoms with E-state index in [1.165, 1.54) is 6.07 Å². The van der Waals surface area contributed by atoms with Gasteiger partial charge in [-0.1, -0.05) is 67.6 Å². The fourth-order valence-electron chi connectivity index (χ4n) is 6.81. The molecule has 7 rings (SSSR count). The van der Waals surface area contributed by atoms with Crippen LogP contribution in [0.15, 0.2) is 103 Å². The van der Waals surface area contributed by atoms with Crippen LogP contribution in [-0.2, 0) is 16.6 Å². The highest BCUT2D eigenvalue weighted by molar-refractivity contribution is 6.01. The normalized spacial score (nSPS) is 21.5. The lowest BCUT2D eigenvalue weighted by molar-refractivity contribution is -0.119. The van der Waals surface area contributed by atoms with Gasteiger partial charge in [-0.05, 0) is 61.1 Å². The molecule has 0 aliphatic heterocycles. The fraction of sp³-hybridized carbons (Fsp3) is 0.194. The van der Waals surface area contributed by atoms with Gasteiger partial charge in [0.25, 0.3) is 0 Å². The number of para-hydroxylation sites is 1. The van der Waals surface area contributed by atoms with Gasteiger partial charge in [-0.3, -0.25) is 9.78 Å². The van der Waals surface area contributed by atoms with Crippen molar-refractivity contribution in [3.8, 4) is 28.7 Å². The Morgan fingerprint density at radius 2 is 1.69 bits per heavy atom. The average molecular weight is 551 g/mol. The Hall–Kier alpha value is -5.02. The van der Waals surface area contributed by atoms with Crippen molar-refractivity contribution in [2.24, 2.45) is 11.8 Å². The number of benzene rings is 3. The molecule has 2 bridgehead atoms. The third-order valence-electron chi connectivity index (χ3n) is 8.98. The molecule has 2 heterocycles. The van der Waals surface area contributed by atoms with Crippen LogP contribution in [0.5, 0.6) is 0 Å². The van der Waals surface area contributed by atoms with E-state index in [0.29, 0.717) is 36.3 Å². The number of aromatic nitrogens is 3. The average Bonchev–Trinajstić information content (AvgIpc) is 3.27. The number of fused-ring (bicyclic) bond motifs is 5. The Kier molecular flexibility index (Phi) is 6.24. The lowest BCUT2D eigenvalue weighted by Crippen LogP contribution is -2.30.